The second-order valence-electron chi connectivity index (χ2n) is 5.46. The maximum atomic E-state index is 12.5. The third-order valence-corrected chi connectivity index (χ3v) is 4.20. The van der Waals surface area contributed by atoms with E-state index in [9.17, 15) is 14.7 Å². The van der Waals surface area contributed by atoms with Gasteiger partial charge >= 0.3 is 5.97 Å². The predicted octanol–water partition coefficient (Wildman–Crippen LogP) is 2.53. The number of aromatic nitrogens is 2. The molecular weight excluding hydrogens is 318 g/mol. The van der Waals surface area contributed by atoms with Gasteiger partial charge in [0.05, 0.1) is 17.1 Å². The first kappa shape index (κ1) is 15.6. The lowest BCUT2D eigenvalue weighted by Crippen LogP contribution is -2.38. The van der Waals surface area contributed by atoms with Gasteiger partial charge in [-0.1, -0.05) is 29.8 Å². The van der Waals surface area contributed by atoms with E-state index in [1.807, 2.05) is 6.07 Å². The van der Waals surface area contributed by atoms with Crippen molar-refractivity contribution in [3.8, 4) is 0 Å². The Morgan fingerprint density at radius 3 is 2.83 bits per heavy atom. The van der Waals surface area contributed by atoms with Gasteiger partial charge < -0.3 is 10.0 Å². The van der Waals surface area contributed by atoms with Gasteiger partial charge in [-0.2, -0.15) is 5.10 Å². The number of carboxylic acids is 1. The third-order valence-electron chi connectivity index (χ3n) is 4.00. The Labute approximate surface area is 138 Å². The van der Waals surface area contributed by atoms with Crippen LogP contribution in [-0.4, -0.2) is 33.3 Å². The minimum atomic E-state index is -0.851. The van der Waals surface area contributed by atoms with Crippen molar-refractivity contribution < 1.29 is 14.7 Å². The van der Waals surface area contributed by atoms with Crippen molar-refractivity contribution in [1.29, 1.82) is 0 Å². The minimum absolute atomic E-state index is 0.0482. The topological polar surface area (TPSA) is 75.4 Å². The number of aryl methyl sites for hydroxylation is 1. The van der Waals surface area contributed by atoms with Gasteiger partial charge in [0.25, 0.3) is 0 Å². The lowest BCUT2D eigenvalue weighted by Gasteiger charge is -2.32. The molecule has 1 amide bonds. The van der Waals surface area contributed by atoms with Crippen molar-refractivity contribution in [3.05, 3.63) is 47.2 Å². The van der Waals surface area contributed by atoms with E-state index in [0.29, 0.717) is 35.8 Å². The fourth-order valence-corrected chi connectivity index (χ4v) is 3.04. The number of hydrogen-bond donors (Lipinski definition) is 1. The van der Waals surface area contributed by atoms with Crippen LogP contribution in [0.25, 0.3) is 0 Å². The number of amides is 1. The molecule has 0 bridgehead atoms. The molecule has 1 atom stereocenters. The summed E-state index contributed by atoms with van der Waals surface area (Å²) in [6.45, 7) is 0.846. The Hall–Kier alpha value is -2.34. The van der Waals surface area contributed by atoms with Crippen LogP contribution < -0.4 is 4.90 Å². The van der Waals surface area contributed by atoms with E-state index >= 15 is 0 Å². The molecule has 3 rings (SSSR count). The molecule has 7 heteroatoms. The summed E-state index contributed by atoms with van der Waals surface area (Å²) in [4.78, 5) is 25.6. The van der Waals surface area contributed by atoms with Gasteiger partial charge in [-0.3, -0.25) is 14.3 Å². The number of para-hydroxylation sites is 1. The summed E-state index contributed by atoms with van der Waals surface area (Å²) in [5, 5.41) is 13.9. The van der Waals surface area contributed by atoms with Crippen molar-refractivity contribution in [3.63, 3.8) is 0 Å². The zero-order valence-corrected chi connectivity index (χ0v) is 13.1. The number of fused-ring (bicyclic) bond motifs is 1. The Morgan fingerprint density at radius 1 is 1.35 bits per heavy atom. The maximum absolute atomic E-state index is 12.5. The second kappa shape index (κ2) is 6.42. The molecule has 2 aromatic rings. The molecular formula is C16H16ClN3O3. The highest BCUT2D eigenvalue weighted by Crippen LogP contribution is 2.35. The highest BCUT2D eigenvalue weighted by molar-refractivity contribution is 6.30. The summed E-state index contributed by atoms with van der Waals surface area (Å²) in [6, 6.07) is 7.19. The lowest BCUT2D eigenvalue weighted by atomic mass is 9.90. The summed E-state index contributed by atoms with van der Waals surface area (Å²) in [6.07, 6.45) is 3.90. The third kappa shape index (κ3) is 3.22. The van der Waals surface area contributed by atoms with Crippen molar-refractivity contribution in [2.75, 3.05) is 11.4 Å². The van der Waals surface area contributed by atoms with Crippen LogP contribution in [0.1, 0.15) is 24.3 Å². The van der Waals surface area contributed by atoms with Crippen LogP contribution in [0.4, 0.5) is 5.69 Å². The summed E-state index contributed by atoms with van der Waals surface area (Å²) >= 11 is 5.80. The molecule has 1 aromatic carbocycles. The first-order valence-electron chi connectivity index (χ1n) is 7.36. The first-order valence-corrected chi connectivity index (χ1v) is 7.74. The molecule has 23 heavy (non-hydrogen) atoms. The van der Waals surface area contributed by atoms with Gasteiger partial charge in [0.1, 0.15) is 0 Å². The second-order valence-corrected chi connectivity index (χ2v) is 5.89. The summed E-state index contributed by atoms with van der Waals surface area (Å²) in [7, 11) is 0. The number of anilines is 1. The minimum Gasteiger partial charge on any atom is -0.481 e. The molecule has 6 nitrogen and oxygen atoms in total. The number of benzene rings is 1. The number of carboxylic acid groups (broad SMARTS) is 1. The standard InChI is InChI=1S/C16H16ClN3O3/c17-11-9-18-19(10-11)7-6-15(21)20-8-5-13(16(22)23)12-3-1-2-4-14(12)20/h1-4,9-10,13H,5-8H2,(H,22,23). The van der Waals surface area contributed by atoms with Crippen LogP contribution in [0.2, 0.25) is 5.02 Å². The van der Waals surface area contributed by atoms with E-state index in [2.05, 4.69) is 5.10 Å². The maximum Gasteiger partial charge on any atom is 0.311 e. The molecule has 1 unspecified atom stereocenters. The van der Waals surface area contributed by atoms with E-state index in [1.165, 1.54) is 6.20 Å². The Balaban J connectivity index is 1.76. The molecule has 1 aromatic heterocycles. The molecule has 1 aliphatic rings. The van der Waals surface area contributed by atoms with Gasteiger partial charge in [0.15, 0.2) is 0 Å². The first-order chi connectivity index (χ1) is 11.1. The Morgan fingerprint density at radius 2 is 2.13 bits per heavy atom. The number of carbonyl (C=O) groups is 2. The summed E-state index contributed by atoms with van der Waals surface area (Å²) < 4.78 is 1.62. The quantitative estimate of drug-likeness (QED) is 0.933. The van der Waals surface area contributed by atoms with Gasteiger partial charge in [-0.05, 0) is 18.1 Å². The van der Waals surface area contributed by atoms with Gasteiger partial charge in [0, 0.05) is 31.4 Å². The molecule has 0 radical (unpaired) electrons. The normalized spacial score (nSPS) is 16.9. The fraction of sp³-hybridized carbons (Fsp3) is 0.312. The van der Waals surface area contributed by atoms with E-state index in [0.717, 1.165) is 0 Å². The number of nitrogens with zero attached hydrogens (tertiary/aromatic N) is 3. The van der Waals surface area contributed by atoms with Crippen LogP contribution in [0, 0.1) is 0 Å². The molecule has 0 saturated carbocycles. The lowest BCUT2D eigenvalue weighted by molar-refractivity contribution is -0.139. The highest BCUT2D eigenvalue weighted by atomic mass is 35.5. The summed E-state index contributed by atoms with van der Waals surface area (Å²) in [5.41, 5.74) is 1.39. The van der Waals surface area contributed by atoms with Crippen LogP contribution >= 0.6 is 11.6 Å². The van der Waals surface area contributed by atoms with Crippen molar-refractivity contribution in [2.45, 2.75) is 25.3 Å². The highest BCUT2D eigenvalue weighted by Gasteiger charge is 2.32. The molecule has 0 spiro atoms. The van der Waals surface area contributed by atoms with Crippen molar-refractivity contribution >= 4 is 29.2 Å². The number of hydrogen-bond acceptors (Lipinski definition) is 3. The zero-order valence-electron chi connectivity index (χ0n) is 12.4. The summed E-state index contributed by atoms with van der Waals surface area (Å²) in [5.74, 6) is -1.45. The largest absolute Gasteiger partial charge is 0.481 e. The van der Waals surface area contributed by atoms with Crippen molar-refractivity contribution in [2.24, 2.45) is 0 Å². The van der Waals surface area contributed by atoms with Gasteiger partial charge in [-0.25, -0.2) is 0 Å². The smallest absolute Gasteiger partial charge is 0.311 e. The molecule has 0 saturated heterocycles. The van der Waals surface area contributed by atoms with Gasteiger partial charge in [-0.15, -0.1) is 0 Å². The molecule has 0 aliphatic carbocycles. The molecule has 2 heterocycles. The predicted molar refractivity (Wildman–Crippen MR) is 85.6 cm³/mol. The van der Waals surface area contributed by atoms with Crippen LogP contribution in [0.3, 0.4) is 0 Å². The molecule has 1 aliphatic heterocycles. The Bertz CT molecular complexity index is 744. The molecule has 0 fully saturated rings. The number of halogens is 1. The van der Waals surface area contributed by atoms with Gasteiger partial charge in [0.2, 0.25) is 5.91 Å². The average Bonchev–Trinajstić information content (AvgIpc) is 2.97. The monoisotopic (exact) mass is 333 g/mol. The fourth-order valence-electron chi connectivity index (χ4n) is 2.88. The van der Waals surface area contributed by atoms with E-state index in [1.54, 1.807) is 34.0 Å². The molecule has 1 N–H and O–H groups in total. The number of rotatable bonds is 4. The van der Waals surface area contributed by atoms with Crippen LogP contribution in [0.15, 0.2) is 36.7 Å². The van der Waals surface area contributed by atoms with E-state index < -0.39 is 11.9 Å². The Kier molecular flexibility index (Phi) is 4.34. The van der Waals surface area contributed by atoms with Crippen LogP contribution in [0.5, 0.6) is 0 Å². The van der Waals surface area contributed by atoms with Crippen molar-refractivity contribution in [1.82, 2.24) is 9.78 Å². The number of carbonyl (C=O) groups excluding carboxylic acids is 1. The average molecular weight is 334 g/mol. The zero-order chi connectivity index (χ0) is 16.4. The van der Waals surface area contributed by atoms with E-state index in [4.69, 9.17) is 11.6 Å². The van der Waals surface area contributed by atoms with Crippen LogP contribution in [-0.2, 0) is 16.1 Å². The molecule has 120 valence electrons. The number of aliphatic carboxylic acids is 1. The SMILES string of the molecule is O=C(O)C1CCN(C(=O)CCn2cc(Cl)cn2)c2ccccc21. The van der Waals surface area contributed by atoms with E-state index in [-0.39, 0.29) is 12.3 Å².